The summed E-state index contributed by atoms with van der Waals surface area (Å²) >= 11 is 0. The molecule has 0 radical (unpaired) electrons. The highest BCUT2D eigenvalue weighted by Gasteiger charge is 2.14. The standard InChI is InChI=1S/C19H18N6O2/c1-23-15-7-2-3-8-16(15)25(19(23)27)13-18(26)21-17-9-11-24(22-17)12-14-6-4-5-10-20-14/h2-11H,12-13H2,1H3,(H,21,22,26). The zero-order valence-electron chi connectivity index (χ0n) is 14.7. The summed E-state index contributed by atoms with van der Waals surface area (Å²) in [5.41, 5.74) is 2.16. The molecule has 0 aliphatic carbocycles. The maximum absolute atomic E-state index is 12.4. The van der Waals surface area contributed by atoms with Crippen LogP contribution in [0, 0.1) is 0 Å². The Morgan fingerprint density at radius 1 is 1.07 bits per heavy atom. The molecule has 0 aliphatic heterocycles. The number of aryl methyl sites for hydroxylation is 1. The number of hydrogen-bond acceptors (Lipinski definition) is 4. The molecule has 136 valence electrons. The normalized spacial score (nSPS) is 11.0. The van der Waals surface area contributed by atoms with Crippen molar-refractivity contribution in [1.82, 2.24) is 23.9 Å². The lowest BCUT2D eigenvalue weighted by Gasteiger charge is -2.04. The van der Waals surface area contributed by atoms with Crippen molar-refractivity contribution in [3.63, 3.8) is 0 Å². The number of nitrogens with one attached hydrogen (secondary N) is 1. The van der Waals surface area contributed by atoms with Gasteiger partial charge in [-0.15, -0.1) is 0 Å². The van der Waals surface area contributed by atoms with Crippen molar-refractivity contribution in [2.45, 2.75) is 13.1 Å². The third-order valence-electron chi connectivity index (χ3n) is 4.31. The second-order valence-electron chi connectivity index (χ2n) is 6.18. The number of hydrogen-bond donors (Lipinski definition) is 1. The number of nitrogens with zero attached hydrogens (tertiary/aromatic N) is 5. The molecule has 4 rings (SSSR count). The summed E-state index contributed by atoms with van der Waals surface area (Å²) in [5, 5.41) is 7.07. The molecule has 0 spiro atoms. The fraction of sp³-hybridized carbons (Fsp3) is 0.158. The van der Waals surface area contributed by atoms with Crippen LogP contribution in [0.4, 0.5) is 5.82 Å². The van der Waals surface area contributed by atoms with E-state index in [9.17, 15) is 9.59 Å². The molecule has 0 fully saturated rings. The van der Waals surface area contributed by atoms with E-state index in [4.69, 9.17) is 0 Å². The van der Waals surface area contributed by atoms with Gasteiger partial charge in [0.25, 0.3) is 0 Å². The topological polar surface area (TPSA) is 86.7 Å². The number of aromatic nitrogens is 5. The lowest BCUT2D eigenvalue weighted by molar-refractivity contribution is -0.116. The van der Waals surface area contributed by atoms with E-state index in [1.54, 1.807) is 30.2 Å². The van der Waals surface area contributed by atoms with Crippen LogP contribution in [-0.4, -0.2) is 29.8 Å². The lowest BCUT2D eigenvalue weighted by Crippen LogP contribution is -2.28. The van der Waals surface area contributed by atoms with Crippen LogP contribution < -0.4 is 11.0 Å². The minimum Gasteiger partial charge on any atom is -0.308 e. The smallest absolute Gasteiger partial charge is 0.308 e. The number of pyridine rings is 1. The fourth-order valence-electron chi connectivity index (χ4n) is 3.02. The Bertz CT molecular complexity index is 1160. The van der Waals surface area contributed by atoms with E-state index < -0.39 is 0 Å². The number of anilines is 1. The number of carbonyl (C=O) groups is 1. The first kappa shape index (κ1) is 16.8. The van der Waals surface area contributed by atoms with Crippen molar-refractivity contribution < 1.29 is 4.79 Å². The molecule has 1 N–H and O–H groups in total. The highest BCUT2D eigenvalue weighted by Crippen LogP contribution is 2.12. The van der Waals surface area contributed by atoms with E-state index in [1.807, 2.05) is 42.5 Å². The molecule has 0 saturated carbocycles. The van der Waals surface area contributed by atoms with Crippen LogP contribution >= 0.6 is 0 Å². The molecular formula is C19H18N6O2. The van der Waals surface area contributed by atoms with Crippen molar-refractivity contribution in [2.24, 2.45) is 7.05 Å². The van der Waals surface area contributed by atoms with Gasteiger partial charge < -0.3 is 5.32 Å². The van der Waals surface area contributed by atoms with Crippen molar-refractivity contribution in [1.29, 1.82) is 0 Å². The predicted octanol–water partition coefficient (Wildman–Crippen LogP) is 1.62. The number of carbonyl (C=O) groups excluding carboxylic acids is 1. The van der Waals surface area contributed by atoms with Crippen molar-refractivity contribution in [3.05, 3.63) is 77.1 Å². The van der Waals surface area contributed by atoms with Gasteiger partial charge in [-0.2, -0.15) is 5.10 Å². The quantitative estimate of drug-likeness (QED) is 0.584. The van der Waals surface area contributed by atoms with Crippen LogP contribution in [0.2, 0.25) is 0 Å². The van der Waals surface area contributed by atoms with Gasteiger partial charge in [-0.05, 0) is 24.3 Å². The first-order chi connectivity index (χ1) is 13.1. The van der Waals surface area contributed by atoms with E-state index in [-0.39, 0.29) is 18.1 Å². The highest BCUT2D eigenvalue weighted by atomic mass is 16.2. The van der Waals surface area contributed by atoms with Gasteiger partial charge in [0, 0.05) is 25.5 Å². The summed E-state index contributed by atoms with van der Waals surface area (Å²) in [5.74, 6) is 0.126. The minimum absolute atomic E-state index is 0.0761. The van der Waals surface area contributed by atoms with Gasteiger partial charge in [-0.1, -0.05) is 18.2 Å². The first-order valence-corrected chi connectivity index (χ1v) is 8.49. The Morgan fingerprint density at radius 3 is 2.63 bits per heavy atom. The lowest BCUT2D eigenvalue weighted by atomic mass is 10.3. The first-order valence-electron chi connectivity index (χ1n) is 8.49. The number of imidazole rings is 1. The maximum Gasteiger partial charge on any atom is 0.329 e. The van der Waals surface area contributed by atoms with Gasteiger partial charge >= 0.3 is 5.69 Å². The molecule has 8 nitrogen and oxygen atoms in total. The third kappa shape index (κ3) is 3.37. The molecule has 4 aromatic rings. The van der Waals surface area contributed by atoms with E-state index in [0.717, 1.165) is 16.7 Å². The van der Waals surface area contributed by atoms with Crippen molar-refractivity contribution >= 4 is 22.8 Å². The second-order valence-corrected chi connectivity index (χ2v) is 6.18. The van der Waals surface area contributed by atoms with Crippen LogP contribution in [0.1, 0.15) is 5.69 Å². The molecule has 27 heavy (non-hydrogen) atoms. The van der Waals surface area contributed by atoms with Crippen LogP contribution in [0.5, 0.6) is 0 Å². The van der Waals surface area contributed by atoms with E-state index in [0.29, 0.717) is 12.4 Å². The van der Waals surface area contributed by atoms with Crippen molar-refractivity contribution in [2.75, 3.05) is 5.32 Å². The Kier molecular flexibility index (Phi) is 4.29. The third-order valence-corrected chi connectivity index (χ3v) is 4.31. The molecular weight excluding hydrogens is 344 g/mol. The second kappa shape index (κ2) is 6.91. The summed E-state index contributed by atoms with van der Waals surface area (Å²) in [4.78, 5) is 29.1. The molecule has 1 aromatic carbocycles. The average Bonchev–Trinajstić information content (AvgIpc) is 3.21. The molecule has 0 aliphatic rings. The summed E-state index contributed by atoms with van der Waals surface area (Å²) in [7, 11) is 1.69. The zero-order valence-corrected chi connectivity index (χ0v) is 14.7. The predicted molar refractivity (Wildman–Crippen MR) is 101 cm³/mol. The zero-order chi connectivity index (χ0) is 18.8. The monoisotopic (exact) mass is 362 g/mol. The van der Waals surface area contributed by atoms with Crippen LogP contribution in [0.3, 0.4) is 0 Å². The largest absolute Gasteiger partial charge is 0.329 e. The van der Waals surface area contributed by atoms with Crippen LogP contribution in [-0.2, 0) is 24.9 Å². The molecule has 3 aromatic heterocycles. The molecule has 8 heteroatoms. The number of amides is 1. The van der Waals surface area contributed by atoms with Crippen LogP contribution in [0.15, 0.2) is 65.7 Å². The van der Waals surface area contributed by atoms with Gasteiger partial charge in [0.05, 0.1) is 23.3 Å². The van der Waals surface area contributed by atoms with E-state index >= 15 is 0 Å². The molecule has 3 heterocycles. The number of fused-ring (bicyclic) bond motifs is 1. The maximum atomic E-state index is 12.4. The Morgan fingerprint density at radius 2 is 1.85 bits per heavy atom. The molecule has 1 amide bonds. The number of benzene rings is 1. The average molecular weight is 362 g/mol. The summed E-state index contributed by atoms with van der Waals surface area (Å²) < 4.78 is 4.68. The van der Waals surface area contributed by atoms with Gasteiger partial charge in [-0.25, -0.2) is 4.79 Å². The molecule has 0 atom stereocenters. The summed E-state index contributed by atoms with van der Waals surface area (Å²) in [6.07, 6.45) is 3.50. The molecule has 0 bridgehead atoms. The summed E-state index contributed by atoms with van der Waals surface area (Å²) in [6, 6.07) is 14.8. The van der Waals surface area contributed by atoms with Gasteiger partial charge in [0.2, 0.25) is 5.91 Å². The fourth-order valence-corrected chi connectivity index (χ4v) is 3.02. The van der Waals surface area contributed by atoms with Crippen molar-refractivity contribution in [3.8, 4) is 0 Å². The summed E-state index contributed by atoms with van der Waals surface area (Å²) in [6.45, 7) is 0.437. The highest BCUT2D eigenvalue weighted by molar-refractivity contribution is 5.90. The van der Waals surface area contributed by atoms with Gasteiger partial charge in [-0.3, -0.25) is 23.6 Å². The minimum atomic E-state index is -0.309. The number of para-hydroxylation sites is 2. The Balaban J connectivity index is 1.48. The Labute approximate surface area is 154 Å². The van der Waals surface area contributed by atoms with E-state index in [1.165, 1.54) is 9.13 Å². The van der Waals surface area contributed by atoms with E-state index in [2.05, 4.69) is 15.4 Å². The number of rotatable bonds is 5. The van der Waals surface area contributed by atoms with Gasteiger partial charge in [0.1, 0.15) is 6.54 Å². The van der Waals surface area contributed by atoms with Crippen LogP contribution in [0.25, 0.3) is 11.0 Å². The molecule has 0 saturated heterocycles. The SMILES string of the molecule is Cn1c(=O)n(CC(=O)Nc2ccn(Cc3ccccn3)n2)c2ccccc21. The Hall–Kier alpha value is -3.68. The van der Waals surface area contributed by atoms with Gasteiger partial charge in [0.15, 0.2) is 5.82 Å². The molecule has 0 unspecified atom stereocenters.